The molecule has 1 saturated heterocycles. The van der Waals surface area contributed by atoms with Crippen LogP contribution in [0.15, 0.2) is 53.0 Å². The minimum Gasteiger partial charge on any atom is -0.317 e. The van der Waals surface area contributed by atoms with Gasteiger partial charge in [0, 0.05) is 16.7 Å². The van der Waals surface area contributed by atoms with E-state index < -0.39 is 0 Å². The fourth-order valence-electron chi connectivity index (χ4n) is 2.87. The molecule has 2 aromatic rings. The second-order valence-corrected chi connectivity index (χ2v) is 6.61. The fourth-order valence-corrected chi connectivity index (χ4v) is 3.14. The van der Waals surface area contributed by atoms with Crippen molar-refractivity contribution in [3.63, 3.8) is 0 Å². The molecule has 0 aromatic heterocycles. The molecule has 1 unspecified atom stereocenters. The highest BCUT2D eigenvalue weighted by molar-refractivity contribution is 9.10. The molecule has 1 aliphatic rings. The van der Waals surface area contributed by atoms with Gasteiger partial charge in [0.25, 0.3) is 0 Å². The number of urea groups is 1. The van der Waals surface area contributed by atoms with Gasteiger partial charge in [0.2, 0.25) is 0 Å². The Morgan fingerprint density at radius 3 is 2.50 bits per heavy atom. The first kappa shape index (κ1) is 15.1. The van der Waals surface area contributed by atoms with E-state index in [1.165, 1.54) is 11.1 Å². The first-order valence-electron chi connectivity index (χ1n) is 7.53. The summed E-state index contributed by atoms with van der Waals surface area (Å²) in [6.07, 6.45) is 2.06. The van der Waals surface area contributed by atoms with Gasteiger partial charge in [-0.2, -0.15) is 0 Å². The molecule has 1 atom stereocenters. The van der Waals surface area contributed by atoms with Crippen LogP contribution in [0.25, 0.3) is 0 Å². The number of nitrogens with one attached hydrogen (secondary N) is 1. The standard InChI is InChI=1S/C18H19BrN2O/c1-13-4-10-16(11-5-13)20-18(22)21-12-2-3-17(21)14-6-8-15(19)9-7-14/h4-11,17H,2-3,12H2,1H3,(H,20,22). The zero-order valence-corrected chi connectivity index (χ0v) is 14.1. The average Bonchev–Trinajstić information content (AvgIpc) is 3.00. The summed E-state index contributed by atoms with van der Waals surface area (Å²) < 4.78 is 1.06. The minimum absolute atomic E-state index is 0.0192. The molecule has 0 saturated carbocycles. The van der Waals surface area contributed by atoms with Crippen molar-refractivity contribution in [2.24, 2.45) is 0 Å². The van der Waals surface area contributed by atoms with E-state index in [0.717, 1.165) is 29.5 Å². The van der Waals surface area contributed by atoms with Crippen molar-refractivity contribution in [2.75, 3.05) is 11.9 Å². The molecule has 0 aliphatic carbocycles. The van der Waals surface area contributed by atoms with Crippen LogP contribution < -0.4 is 5.32 Å². The van der Waals surface area contributed by atoms with E-state index in [0.29, 0.717) is 0 Å². The van der Waals surface area contributed by atoms with Gasteiger partial charge in [-0.3, -0.25) is 0 Å². The highest BCUT2D eigenvalue weighted by Crippen LogP contribution is 2.33. The predicted molar refractivity (Wildman–Crippen MR) is 93.0 cm³/mol. The van der Waals surface area contributed by atoms with Crippen LogP contribution in [0.2, 0.25) is 0 Å². The molecule has 1 heterocycles. The van der Waals surface area contributed by atoms with Crippen LogP contribution in [0.4, 0.5) is 10.5 Å². The number of carbonyl (C=O) groups is 1. The molecule has 2 aromatic carbocycles. The molecule has 4 heteroatoms. The van der Waals surface area contributed by atoms with E-state index in [-0.39, 0.29) is 12.1 Å². The van der Waals surface area contributed by atoms with Crippen LogP contribution in [0.5, 0.6) is 0 Å². The van der Waals surface area contributed by atoms with E-state index >= 15 is 0 Å². The minimum atomic E-state index is -0.0192. The lowest BCUT2D eigenvalue weighted by atomic mass is 10.1. The fraction of sp³-hybridized carbons (Fsp3) is 0.278. The summed E-state index contributed by atoms with van der Waals surface area (Å²) in [6.45, 7) is 2.84. The summed E-state index contributed by atoms with van der Waals surface area (Å²) in [6, 6.07) is 16.3. The maximum atomic E-state index is 12.6. The van der Waals surface area contributed by atoms with E-state index in [2.05, 4.69) is 33.4 Å². The highest BCUT2D eigenvalue weighted by Gasteiger charge is 2.29. The van der Waals surface area contributed by atoms with Gasteiger partial charge in [-0.1, -0.05) is 45.8 Å². The molecular formula is C18H19BrN2O. The maximum absolute atomic E-state index is 12.6. The third kappa shape index (κ3) is 3.33. The Balaban J connectivity index is 1.73. The number of benzene rings is 2. The Hall–Kier alpha value is -1.81. The molecular weight excluding hydrogens is 340 g/mol. The topological polar surface area (TPSA) is 32.3 Å². The molecule has 0 bridgehead atoms. The number of carbonyl (C=O) groups excluding carboxylic acids is 1. The number of rotatable bonds is 2. The Labute approximate surface area is 139 Å². The smallest absolute Gasteiger partial charge is 0.317 e. The third-order valence-corrected chi connectivity index (χ3v) is 4.60. The Kier molecular flexibility index (Phi) is 4.48. The van der Waals surface area contributed by atoms with Gasteiger partial charge in [0.05, 0.1) is 6.04 Å². The second-order valence-electron chi connectivity index (χ2n) is 5.70. The number of hydrogen-bond acceptors (Lipinski definition) is 1. The molecule has 0 spiro atoms. The van der Waals surface area contributed by atoms with Gasteiger partial charge >= 0.3 is 6.03 Å². The quantitative estimate of drug-likeness (QED) is 0.792. The van der Waals surface area contributed by atoms with Gasteiger partial charge in [-0.15, -0.1) is 0 Å². The number of aryl methyl sites for hydroxylation is 1. The summed E-state index contributed by atoms with van der Waals surface area (Å²) in [5, 5.41) is 3.00. The molecule has 1 fully saturated rings. The second kappa shape index (κ2) is 6.53. The van der Waals surface area contributed by atoms with E-state index in [9.17, 15) is 4.79 Å². The lowest BCUT2D eigenvalue weighted by Crippen LogP contribution is -2.34. The normalized spacial score (nSPS) is 17.5. The van der Waals surface area contributed by atoms with Crippen LogP contribution in [0, 0.1) is 6.92 Å². The summed E-state index contributed by atoms with van der Waals surface area (Å²) in [5.41, 5.74) is 3.23. The Morgan fingerprint density at radius 1 is 1.14 bits per heavy atom. The number of anilines is 1. The number of amides is 2. The lowest BCUT2D eigenvalue weighted by Gasteiger charge is -2.25. The van der Waals surface area contributed by atoms with Crippen molar-refractivity contribution in [3.05, 3.63) is 64.1 Å². The molecule has 0 radical (unpaired) electrons. The van der Waals surface area contributed by atoms with Crippen LogP contribution in [-0.4, -0.2) is 17.5 Å². The molecule has 1 N–H and O–H groups in total. The van der Waals surface area contributed by atoms with Crippen molar-refractivity contribution < 1.29 is 4.79 Å². The molecule has 1 aliphatic heterocycles. The first-order chi connectivity index (χ1) is 10.6. The zero-order chi connectivity index (χ0) is 15.5. The molecule has 3 rings (SSSR count). The van der Waals surface area contributed by atoms with Gasteiger partial charge in [0.1, 0.15) is 0 Å². The van der Waals surface area contributed by atoms with Crippen LogP contribution in [-0.2, 0) is 0 Å². The predicted octanol–water partition coefficient (Wildman–Crippen LogP) is 5.13. The van der Waals surface area contributed by atoms with Crippen LogP contribution >= 0.6 is 15.9 Å². The van der Waals surface area contributed by atoms with Gasteiger partial charge in [0.15, 0.2) is 0 Å². The number of likely N-dealkylation sites (tertiary alicyclic amines) is 1. The molecule has 2 amide bonds. The van der Waals surface area contributed by atoms with Crippen molar-refractivity contribution in [1.82, 2.24) is 4.90 Å². The highest BCUT2D eigenvalue weighted by atomic mass is 79.9. The van der Waals surface area contributed by atoms with Crippen molar-refractivity contribution in [2.45, 2.75) is 25.8 Å². The van der Waals surface area contributed by atoms with Crippen molar-refractivity contribution in [3.8, 4) is 0 Å². The summed E-state index contributed by atoms with van der Waals surface area (Å²) >= 11 is 3.46. The Bertz CT molecular complexity index is 652. The molecule has 3 nitrogen and oxygen atoms in total. The monoisotopic (exact) mass is 358 g/mol. The number of hydrogen-bond donors (Lipinski definition) is 1. The summed E-state index contributed by atoms with van der Waals surface area (Å²) in [7, 11) is 0. The lowest BCUT2D eigenvalue weighted by molar-refractivity contribution is 0.207. The van der Waals surface area contributed by atoms with Crippen molar-refractivity contribution in [1.29, 1.82) is 0 Å². The van der Waals surface area contributed by atoms with Crippen LogP contribution in [0.3, 0.4) is 0 Å². The first-order valence-corrected chi connectivity index (χ1v) is 8.32. The van der Waals surface area contributed by atoms with Crippen LogP contribution in [0.1, 0.15) is 30.0 Å². The van der Waals surface area contributed by atoms with Gasteiger partial charge in [-0.05, 0) is 49.6 Å². The van der Waals surface area contributed by atoms with E-state index in [4.69, 9.17) is 0 Å². The molecule has 22 heavy (non-hydrogen) atoms. The van der Waals surface area contributed by atoms with Gasteiger partial charge < -0.3 is 10.2 Å². The zero-order valence-electron chi connectivity index (χ0n) is 12.6. The van der Waals surface area contributed by atoms with Gasteiger partial charge in [-0.25, -0.2) is 4.79 Å². The summed E-state index contributed by atoms with van der Waals surface area (Å²) in [4.78, 5) is 14.5. The summed E-state index contributed by atoms with van der Waals surface area (Å²) in [5.74, 6) is 0. The maximum Gasteiger partial charge on any atom is 0.322 e. The van der Waals surface area contributed by atoms with E-state index in [1.54, 1.807) is 0 Å². The molecule has 114 valence electrons. The van der Waals surface area contributed by atoms with Crippen molar-refractivity contribution >= 4 is 27.6 Å². The van der Waals surface area contributed by atoms with E-state index in [1.807, 2.05) is 48.2 Å². The SMILES string of the molecule is Cc1ccc(NC(=O)N2CCCC2c2ccc(Br)cc2)cc1. The number of halogens is 1. The Morgan fingerprint density at radius 2 is 1.82 bits per heavy atom. The average molecular weight is 359 g/mol. The largest absolute Gasteiger partial charge is 0.322 e. The number of nitrogens with zero attached hydrogens (tertiary/aromatic N) is 1. The third-order valence-electron chi connectivity index (χ3n) is 4.07.